The Labute approximate surface area is 349 Å². The zero-order valence-corrected chi connectivity index (χ0v) is 34.1. The van der Waals surface area contributed by atoms with E-state index in [1.165, 1.54) is 77.0 Å². The lowest BCUT2D eigenvalue weighted by atomic mass is 9.93. The van der Waals surface area contributed by atoms with Crippen LogP contribution in [0.2, 0.25) is 0 Å². The van der Waals surface area contributed by atoms with Crippen LogP contribution in [0, 0.1) is 27.7 Å². The molecule has 0 radical (unpaired) electrons. The molecule has 0 saturated heterocycles. The van der Waals surface area contributed by atoms with Crippen molar-refractivity contribution in [3.8, 4) is 56.4 Å². The molecule has 60 heavy (non-hydrogen) atoms. The van der Waals surface area contributed by atoms with Gasteiger partial charge in [0.2, 0.25) is 0 Å². The number of fused-ring (bicyclic) bond motifs is 6. The Balaban J connectivity index is 0.986. The first-order valence-corrected chi connectivity index (χ1v) is 20.7. The fraction of sp³-hybridized carbons (Fsp3) is 0.0714. The number of nitrogens with zero attached hydrogens (tertiary/aromatic N) is 4. The Morgan fingerprint density at radius 2 is 0.817 bits per heavy atom. The van der Waals surface area contributed by atoms with Crippen molar-refractivity contribution >= 4 is 43.6 Å². The van der Waals surface area contributed by atoms with E-state index in [9.17, 15) is 0 Å². The van der Waals surface area contributed by atoms with Crippen molar-refractivity contribution in [2.75, 3.05) is 0 Å². The first-order valence-electron chi connectivity index (χ1n) is 20.7. The van der Waals surface area contributed by atoms with Crippen molar-refractivity contribution in [3.63, 3.8) is 0 Å². The summed E-state index contributed by atoms with van der Waals surface area (Å²) in [6.07, 6.45) is 0. The standard InChI is InChI=1S/C56H42N4/c1-35-13-11-15-41(29-35)50-34-49(57-56(58-50)42-16-12-14-36(2)30-42)39-23-25-40(26-24-39)55-37(3)31-44(32-38(55)4)60-53-22-10-7-19-47(53)48-33-43(27-28-54(48)60)59-51-20-8-5-17-45(51)46-18-6-9-21-52(46)59/h5-34H,1-4H3. The van der Waals surface area contributed by atoms with Crippen LogP contribution in [-0.2, 0) is 0 Å². The molecule has 0 spiro atoms. The molecular weight excluding hydrogens is 729 g/mol. The van der Waals surface area contributed by atoms with Crippen LogP contribution in [0.15, 0.2) is 182 Å². The Morgan fingerprint density at radius 1 is 0.333 bits per heavy atom. The number of benzene rings is 8. The monoisotopic (exact) mass is 770 g/mol. The van der Waals surface area contributed by atoms with E-state index in [1.54, 1.807) is 0 Å². The van der Waals surface area contributed by atoms with Crippen molar-refractivity contribution in [1.29, 1.82) is 0 Å². The molecule has 0 aliphatic carbocycles. The van der Waals surface area contributed by atoms with Gasteiger partial charge in [-0.1, -0.05) is 126 Å². The van der Waals surface area contributed by atoms with E-state index in [0.29, 0.717) is 0 Å². The fourth-order valence-electron chi connectivity index (χ4n) is 9.37. The molecule has 4 nitrogen and oxygen atoms in total. The van der Waals surface area contributed by atoms with Crippen LogP contribution in [-0.4, -0.2) is 19.1 Å². The molecule has 11 aromatic rings. The quantitative estimate of drug-likeness (QED) is 0.169. The van der Waals surface area contributed by atoms with Crippen LogP contribution in [0.5, 0.6) is 0 Å². The minimum atomic E-state index is 0.729. The lowest BCUT2D eigenvalue weighted by molar-refractivity contribution is 1.15. The van der Waals surface area contributed by atoms with Gasteiger partial charge in [0, 0.05) is 49.6 Å². The third-order valence-electron chi connectivity index (χ3n) is 12.1. The van der Waals surface area contributed by atoms with Gasteiger partial charge in [-0.2, -0.15) is 0 Å². The van der Waals surface area contributed by atoms with Crippen molar-refractivity contribution in [3.05, 3.63) is 204 Å². The van der Waals surface area contributed by atoms with E-state index in [-0.39, 0.29) is 0 Å². The summed E-state index contributed by atoms with van der Waals surface area (Å²) < 4.78 is 4.83. The summed E-state index contributed by atoms with van der Waals surface area (Å²) in [5.74, 6) is 0.729. The number of para-hydroxylation sites is 3. The molecule has 0 N–H and O–H groups in total. The average Bonchev–Trinajstić information content (AvgIpc) is 3.79. The van der Waals surface area contributed by atoms with Crippen molar-refractivity contribution in [1.82, 2.24) is 19.1 Å². The Hall–Kier alpha value is -7.56. The first-order chi connectivity index (χ1) is 29.4. The first kappa shape index (κ1) is 35.6. The highest BCUT2D eigenvalue weighted by molar-refractivity contribution is 6.12. The number of hydrogen-bond acceptors (Lipinski definition) is 2. The van der Waals surface area contributed by atoms with Crippen LogP contribution in [0.4, 0.5) is 0 Å². The topological polar surface area (TPSA) is 35.6 Å². The molecule has 8 aromatic carbocycles. The lowest BCUT2D eigenvalue weighted by Crippen LogP contribution is -1.99. The third kappa shape index (κ3) is 5.91. The maximum absolute atomic E-state index is 5.12. The van der Waals surface area contributed by atoms with Gasteiger partial charge in [-0.05, 0) is 117 Å². The van der Waals surface area contributed by atoms with Gasteiger partial charge in [0.15, 0.2) is 5.82 Å². The molecule has 0 bridgehead atoms. The summed E-state index contributed by atoms with van der Waals surface area (Å²) >= 11 is 0. The van der Waals surface area contributed by atoms with Crippen LogP contribution in [0.1, 0.15) is 22.3 Å². The predicted octanol–water partition coefficient (Wildman–Crippen LogP) is 14.6. The van der Waals surface area contributed by atoms with E-state index >= 15 is 0 Å². The maximum Gasteiger partial charge on any atom is 0.160 e. The average molecular weight is 771 g/mol. The van der Waals surface area contributed by atoms with Gasteiger partial charge in [0.1, 0.15) is 0 Å². The summed E-state index contributed by atoms with van der Waals surface area (Å²) in [5, 5.41) is 5.02. The molecular formula is C56H42N4. The van der Waals surface area contributed by atoms with Crippen LogP contribution in [0.25, 0.3) is 100 Å². The highest BCUT2D eigenvalue weighted by Gasteiger charge is 2.18. The normalized spacial score (nSPS) is 11.7. The molecule has 3 heterocycles. The number of hydrogen-bond donors (Lipinski definition) is 0. The predicted molar refractivity (Wildman–Crippen MR) is 251 cm³/mol. The molecule has 0 fully saturated rings. The summed E-state index contributed by atoms with van der Waals surface area (Å²) in [6.45, 7) is 8.70. The fourth-order valence-corrected chi connectivity index (χ4v) is 9.37. The van der Waals surface area contributed by atoms with E-state index in [2.05, 4.69) is 219 Å². The minimum absolute atomic E-state index is 0.729. The number of aryl methyl sites for hydroxylation is 4. The third-order valence-corrected chi connectivity index (χ3v) is 12.1. The van der Waals surface area contributed by atoms with Gasteiger partial charge in [0.25, 0.3) is 0 Å². The summed E-state index contributed by atoms with van der Waals surface area (Å²) in [4.78, 5) is 10.2. The highest BCUT2D eigenvalue weighted by Crippen LogP contribution is 2.39. The molecule has 0 atom stereocenters. The van der Waals surface area contributed by atoms with E-state index in [0.717, 1.165) is 45.3 Å². The van der Waals surface area contributed by atoms with Crippen LogP contribution in [0.3, 0.4) is 0 Å². The van der Waals surface area contributed by atoms with Crippen LogP contribution < -0.4 is 0 Å². The molecule has 0 aliphatic rings. The van der Waals surface area contributed by atoms with Crippen molar-refractivity contribution < 1.29 is 0 Å². The van der Waals surface area contributed by atoms with Gasteiger partial charge >= 0.3 is 0 Å². The number of aromatic nitrogens is 4. The highest BCUT2D eigenvalue weighted by atomic mass is 15.0. The van der Waals surface area contributed by atoms with Gasteiger partial charge in [-0.15, -0.1) is 0 Å². The second-order valence-corrected chi connectivity index (χ2v) is 16.2. The Morgan fingerprint density at radius 3 is 1.42 bits per heavy atom. The summed E-state index contributed by atoms with van der Waals surface area (Å²) in [5.41, 5.74) is 19.4. The van der Waals surface area contributed by atoms with Gasteiger partial charge in [-0.25, -0.2) is 9.97 Å². The van der Waals surface area contributed by atoms with E-state index in [4.69, 9.17) is 9.97 Å². The lowest BCUT2D eigenvalue weighted by Gasteiger charge is -2.16. The van der Waals surface area contributed by atoms with E-state index in [1.807, 2.05) is 0 Å². The molecule has 3 aromatic heterocycles. The van der Waals surface area contributed by atoms with Crippen LogP contribution >= 0.6 is 0 Å². The Bertz CT molecular complexity index is 3330. The summed E-state index contributed by atoms with van der Waals surface area (Å²) in [6, 6.07) is 65.8. The molecule has 0 unspecified atom stereocenters. The second kappa shape index (κ2) is 14.1. The summed E-state index contributed by atoms with van der Waals surface area (Å²) in [7, 11) is 0. The largest absolute Gasteiger partial charge is 0.309 e. The SMILES string of the molecule is Cc1cccc(-c2cc(-c3ccc(-c4c(C)cc(-n5c6ccccc6c6cc(-n7c8ccccc8c8ccccc87)ccc65)cc4C)cc3)nc(-c3cccc(C)c3)n2)c1. The Kier molecular flexibility index (Phi) is 8.35. The zero-order valence-electron chi connectivity index (χ0n) is 34.1. The molecule has 286 valence electrons. The second-order valence-electron chi connectivity index (χ2n) is 16.2. The van der Waals surface area contributed by atoms with Crippen molar-refractivity contribution in [2.45, 2.75) is 27.7 Å². The van der Waals surface area contributed by atoms with Gasteiger partial charge in [0.05, 0.1) is 33.5 Å². The van der Waals surface area contributed by atoms with Gasteiger partial charge < -0.3 is 9.13 Å². The molecule has 11 rings (SSSR count). The molecule has 4 heteroatoms. The molecule has 0 amide bonds. The van der Waals surface area contributed by atoms with E-state index < -0.39 is 0 Å². The van der Waals surface area contributed by atoms with Crippen molar-refractivity contribution in [2.24, 2.45) is 0 Å². The molecule has 0 aliphatic heterocycles. The minimum Gasteiger partial charge on any atom is -0.309 e. The molecule has 0 saturated carbocycles. The van der Waals surface area contributed by atoms with Gasteiger partial charge in [-0.3, -0.25) is 0 Å². The number of rotatable bonds is 6. The zero-order chi connectivity index (χ0) is 40.5. The maximum atomic E-state index is 5.12. The smallest absolute Gasteiger partial charge is 0.160 e.